The second-order valence-corrected chi connectivity index (χ2v) is 6.41. The SMILES string of the molecule is CNC[C@H]1CCCN(C(=O)c2cnn(-c3cccc(Cl)c3)c2)C1. The lowest BCUT2D eigenvalue weighted by Crippen LogP contribution is -2.42. The van der Waals surface area contributed by atoms with Crippen molar-refractivity contribution in [3.05, 3.63) is 47.2 Å². The fourth-order valence-electron chi connectivity index (χ4n) is 3.08. The lowest BCUT2D eigenvalue weighted by atomic mass is 9.97. The van der Waals surface area contributed by atoms with Crippen LogP contribution in [-0.2, 0) is 0 Å². The van der Waals surface area contributed by atoms with E-state index in [1.807, 2.05) is 36.2 Å². The first-order valence-corrected chi connectivity index (χ1v) is 8.29. The predicted molar refractivity (Wildman–Crippen MR) is 91.1 cm³/mol. The van der Waals surface area contributed by atoms with E-state index in [-0.39, 0.29) is 5.91 Å². The summed E-state index contributed by atoms with van der Waals surface area (Å²) in [5, 5.41) is 8.15. The van der Waals surface area contributed by atoms with Gasteiger partial charge >= 0.3 is 0 Å². The van der Waals surface area contributed by atoms with Gasteiger partial charge in [-0.3, -0.25) is 4.79 Å². The van der Waals surface area contributed by atoms with Gasteiger partial charge < -0.3 is 10.2 Å². The van der Waals surface area contributed by atoms with Gasteiger partial charge in [-0.2, -0.15) is 5.10 Å². The topological polar surface area (TPSA) is 50.2 Å². The van der Waals surface area contributed by atoms with E-state index in [0.29, 0.717) is 16.5 Å². The van der Waals surface area contributed by atoms with Gasteiger partial charge in [-0.15, -0.1) is 0 Å². The summed E-state index contributed by atoms with van der Waals surface area (Å²) in [4.78, 5) is 14.6. The Morgan fingerprint density at radius 2 is 2.35 bits per heavy atom. The van der Waals surface area contributed by atoms with Gasteiger partial charge in [0.15, 0.2) is 0 Å². The average Bonchev–Trinajstić information content (AvgIpc) is 3.05. The summed E-state index contributed by atoms with van der Waals surface area (Å²) in [7, 11) is 1.95. The molecule has 1 saturated heterocycles. The highest BCUT2D eigenvalue weighted by molar-refractivity contribution is 6.30. The minimum absolute atomic E-state index is 0.0547. The molecule has 0 saturated carbocycles. The van der Waals surface area contributed by atoms with Crippen LogP contribution in [0.3, 0.4) is 0 Å². The maximum Gasteiger partial charge on any atom is 0.257 e. The van der Waals surface area contributed by atoms with E-state index in [1.165, 1.54) is 6.42 Å². The Balaban J connectivity index is 1.73. The molecule has 2 heterocycles. The van der Waals surface area contributed by atoms with Gasteiger partial charge in [0.25, 0.3) is 5.91 Å². The minimum atomic E-state index is 0.0547. The minimum Gasteiger partial charge on any atom is -0.338 e. The van der Waals surface area contributed by atoms with Crippen LogP contribution in [0.25, 0.3) is 5.69 Å². The van der Waals surface area contributed by atoms with Crippen molar-refractivity contribution in [1.82, 2.24) is 20.0 Å². The predicted octanol–water partition coefficient (Wildman–Crippen LogP) is 2.60. The van der Waals surface area contributed by atoms with E-state index in [0.717, 1.165) is 31.7 Å². The summed E-state index contributed by atoms with van der Waals surface area (Å²) < 4.78 is 1.69. The van der Waals surface area contributed by atoms with Crippen molar-refractivity contribution in [3.8, 4) is 5.69 Å². The molecule has 1 aromatic heterocycles. The van der Waals surface area contributed by atoms with Crippen molar-refractivity contribution in [2.24, 2.45) is 5.92 Å². The van der Waals surface area contributed by atoms with Gasteiger partial charge in [-0.05, 0) is 50.6 Å². The van der Waals surface area contributed by atoms with Crippen LogP contribution in [0.5, 0.6) is 0 Å². The summed E-state index contributed by atoms with van der Waals surface area (Å²) >= 11 is 6.01. The number of halogens is 1. The molecule has 0 radical (unpaired) electrons. The number of hydrogen-bond acceptors (Lipinski definition) is 3. The van der Waals surface area contributed by atoms with E-state index < -0.39 is 0 Å². The summed E-state index contributed by atoms with van der Waals surface area (Å²) in [6.45, 7) is 2.58. The first-order chi connectivity index (χ1) is 11.2. The highest BCUT2D eigenvalue weighted by atomic mass is 35.5. The van der Waals surface area contributed by atoms with Crippen molar-refractivity contribution in [3.63, 3.8) is 0 Å². The summed E-state index contributed by atoms with van der Waals surface area (Å²) in [6, 6.07) is 7.42. The van der Waals surface area contributed by atoms with Crippen LogP contribution in [0.4, 0.5) is 0 Å². The normalized spacial score (nSPS) is 18.2. The van der Waals surface area contributed by atoms with E-state index in [1.54, 1.807) is 17.1 Å². The summed E-state index contributed by atoms with van der Waals surface area (Å²) in [6.07, 6.45) is 5.63. The van der Waals surface area contributed by atoms with Crippen LogP contribution in [0.2, 0.25) is 5.02 Å². The first-order valence-electron chi connectivity index (χ1n) is 7.92. The van der Waals surface area contributed by atoms with Crippen molar-refractivity contribution >= 4 is 17.5 Å². The highest BCUT2D eigenvalue weighted by Gasteiger charge is 2.24. The van der Waals surface area contributed by atoms with Gasteiger partial charge in [0.2, 0.25) is 0 Å². The quantitative estimate of drug-likeness (QED) is 0.936. The number of nitrogens with one attached hydrogen (secondary N) is 1. The lowest BCUT2D eigenvalue weighted by molar-refractivity contribution is 0.0674. The number of likely N-dealkylation sites (tertiary alicyclic amines) is 1. The van der Waals surface area contributed by atoms with Crippen LogP contribution < -0.4 is 5.32 Å². The number of benzene rings is 1. The van der Waals surface area contributed by atoms with Crippen molar-refractivity contribution in [2.75, 3.05) is 26.7 Å². The molecular weight excluding hydrogens is 312 g/mol. The number of hydrogen-bond donors (Lipinski definition) is 1. The van der Waals surface area contributed by atoms with Gasteiger partial charge in [0.1, 0.15) is 0 Å². The molecule has 1 aromatic carbocycles. The lowest BCUT2D eigenvalue weighted by Gasteiger charge is -2.32. The molecule has 1 amide bonds. The molecule has 0 spiro atoms. The van der Waals surface area contributed by atoms with Gasteiger partial charge in [-0.25, -0.2) is 4.68 Å². The molecule has 23 heavy (non-hydrogen) atoms. The van der Waals surface area contributed by atoms with E-state index >= 15 is 0 Å². The van der Waals surface area contributed by atoms with Crippen LogP contribution >= 0.6 is 11.6 Å². The number of carbonyl (C=O) groups excluding carboxylic acids is 1. The van der Waals surface area contributed by atoms with Crippen molar-refractivity contribution in [2.45, 2.75) is 12.8 Å². The molecule has 1 aliphatic heterocycles. The van der Waals surface area contributed by atoms with Crippen molar-refractivity contribution < 1.29 is 4.79 Å². The fourth-order valence-corrected chi connectivity index (χ4v) is 3.26. The Hall–Kier alpha value is -1.85. The third-order valence-corrected chi connectivity index (χ3v) is 4.44. The molecule has 1 aliphatic rings. The zero-order valence-electron chi connectivity index (χ0n) is 13.2. The first kappa shape index (κ1) is 16.0. The third-order valence-electron chi connectivity index (χ3n) is 4.20. The van der Waals surface area contributed by atoms with Gasteiger partial charge in [-0.1, -0.05) is 17.7 Å². The molecule has 3 rings (SSSR count). The second-order valence-electron chi connectivity index (χ2n) is 5.97. The number of aromatic nitrogens is 2. The van der Waals surface area contributed by atoms with Gasteiger partial charge in [0, 0.05) is 24.3 Å². The Bertz CT molecular complexity index is 683. The smallest absolute Gasteiger partial charge is 0.257 e. The molecule has 0 unspecified atom stereocenters. The molecule has 5 nitrogen and oxygen atoms in total. The number of nitrogens with zero attached hydrogens (tertiary/aromatic N) is 3. The number of piperidine rings is 1. The zero-order chi connectivity index (χ0) is 16.2. The Labute approximate surface area is 141 Å². The monoisotopic (exact) mass is 332 g/mol. The highest BCUT2D eigenvalue weighted by Crippen LogP contribution is 2.19. The Kier molecular flexibility index (Phi) is 4.98. The third kappa shape index (κ3) is 3.74. The zero-order valence-corrected chi connectivity index (χ0v) is 14.0. The van der Waals surface area contributed by atoms with E-state index in [2.05, 4.69) is 10.4 Å². The molecular formula is C17H21ClN4O. The van der Waals surface area contributed by atoms with Crippen LogP contribution in [0, 0.1) is 5.92 Å². The fraction of sp³-hybridized carbons (Fsp3) is 0.412. The Morgan fingerprint density at radius 3 is 3.13 bits per heavy atom. The number of carbonyl (C=O) groups is 1. The van der Waals surface area contributed by atoms with Crippen LogP contribution in [0.15, 0.2) is 36.7 Å². The van der Waals surface area contributed by atoms with Crippen LogP contribution in [0.1, 0.15) is 23.2 Å². The standard InChI is InChI=1S/C17H21ClN4O/c1-19-9-13-4-3-7-21(11-13)17(23)14-10-20-22(12-14)16-6-2-5-15(18)8-16/h2,5-6,8,10,12-13,19H,3-4,7,9,11H2,1H3/t13-/m1/s1. The maximum atomic E-state index is 12.7. The molecule has 0 aliphatic carbocycles. The molecule has 1 atom stereocenters. The molecule has 1 N–H and O–H groups in total. The maximum absolute atomic E-state index is 12.7. The number of rotatable bonds is 4. The van der Waals surface area contributed by atoms with E-state index in [4.69, 9.17) is 11.6 Å². The van der Waals surface area contributed by atoms with Gasteiger partial charge in [0.05, 0.1) is 17.4 Å². The average molecular weight is 333 g/mol. The summed E-state index contributed by atoms with van der Waals surface area (Å²) in [5.41, 5.74) is 1.47. The molecule has 122 valence electrons. The molecule has 1 fully saturated rings. The number of amides is 1. The largest absolute Gasteiger partial charge is 0.338 e. The van der Waals surface area contributed by atoms with Crippen molar-refractivity contribution in [1.29, 1.82) is 0 Å². The second kappa shape index (κ2) is 7.15. The molecule has 0 bridgehead atoms. The molecule has 6 heteroatoms. The van der Waals surface area contributed by atoms with Crippen LogP contribution in [-0.4, -0.2) is 47.3 Å². The van der Waals surface area contributed by atoms with E-state index in [9.17, 15) is 4.79 Å². The summed E-state index contributed by atoms with van der Waals surface area (Å²) in [5.74, 6) is 0.583. The Morgan fingerprint density at radius 1 is 1.48 bits per heavy atom. The molecule has 2 aromatic rings.